The van der Waals surface area contributed by atoms with E-state index >= 15 is 0 Å². The van der Waals surface area contributed by atoms with E-state index in [9.17, 15) is 9.59 Å². The van der Waals surface area contributed by atoms with Crippen LogP contribution < -0.4 is 5.32 Å². The van der Waals surface area contributed by atoms with Gasteiger partial charge in [0.05, 0.1) is 16.2 Å². The summed E-state index contributed by atoms with van der Waals surface area (Å²) in [5.41, 5.74) is 2.01. The molecule has 0 saturated carbocycles. The Kier molecular flexibility index (Phi) is 7.37. The number of hydrogen-bond donors (Lipinski definition) is 2. The first-order chi connectivity index (χ1) is 14.4. The molecule has 0 radical (unpaired) electrons. The molecule has 0 aliphatic rings. The van der Waals surface area contributed by atoms with Gasteiger partial charge in [0.1, 0.15) is 12.3 Å². The number of anilines is 1. The summed E-state index contributed by atoms with van der Waals surface area (Å²) in [5.74, 6) is -0.496. The molecule has 0 unspecified atom stereocenters. The minimum atomic E-state index is -0.503. The molecular formula is C22H23Cl2N3O3. The number of rotatable bonds is 9. The maximum Gasteiger partial charge on any atom is 0.356 e. The lowest BCUT2D eigenvalue weighted by molar-refractivity contribution is 0.0477. The van der Waals surface area contributed by atoms with Gasteiger partial charge in [-0.25, -0.2) is 4.79 Å². The molecule has 0 fully saturated rings. The van der Waals surface area contributed by atoms with Crippen molar-refractivity contribution in [2.24, 2.45) is 0 Å². The summed E-state index contributed by atoms with van der Waals surface area (Å²) >= 11 is 12.5. The number of nitrogens with one attached hydrogen (secondary N) is 2. The van der Waals surface area contributed by atoms with E-state index in [1.165, 1.54) is 0 Å². The molecule has 0 bridgehead atoms. The van der Waals surface area contributed by atoms with Crippen molar-refractivity contribution < 1.29 is 14.3 Å². The summed E-state index contributed by atoms with van der Waals surface area (Å²) in [5, 5.41) is 4.67. The second-order valence-corrected chi connectivity index (χ2v) is 7.93. The number of nitrogens with zero attached hydrogens (tertiary/aromatic N) is 1. The highest BCUT2D eigenvalue weighted by Gasteiger charge is 2.21. The summed E-state index contributed by atoms with van der Waals surface area (Å²) < 4.78 is 5.38. The number of H-pyrrole nitrogens is 1. The highest BCUT2D eigenvalue weighted by atomic mass is 35.5. The molecule has 3 aromatic rings. The number of ether oxygens (including phenoxy) is 1. The lowest BCUT2D eigenvalue weighted by Gasteiger charge is -2.11. The van der Waals surface area contributed by atoms with E-state index in [1.54, 1.807) is 24.3 Å². The fourth-order valence-corrected chi connectivity index (χ4v) is 3.63. The van der Waals surface area contributed by atoms with E-state index in [4.69, 9.17) is 27.9 Å². The number of hydrogen-bond acceptors (Lipinski definition) is 5. The third kappa shape index (κ3) is 5.33. The van der Waals surface area contributed by atoms with Gasteiger partial charge < -0.3 is 19.9 Å². The van der Waals surface area contributed by atoms with Crippen LogP contribution in [0.15, 0.2) is 42.5 Å². The fourth-order valence-electron chi connectivity index (χ4n) is 3.04. The monoisotopic (exact) mass is 447 g/mol. The zero-order chi connectivity index (χ0) is 21.7. The average molecular weight is 448 g/mol. The van der Waals surface area contributed by atoms with E-state index in [-0.39, 0.29) is 24.5 Å². The fraction of sp³-hybridized carbons (Fsp3) is 0.273. The van der Waals surface area contributed by atoms with E-state index < -0.39 is 5.97 Å². The quantitative estimate of drug-likeness (QED) is 0.361. The number of esters is 1. The van der Waals surface area contributed by atoms with E-state index in [1.807, 2.05) is 37.2 Å². The maximum atomic E-state index is 12.7. The Bertz CT molecular complexity index is 1050. The Morgan fingerprint density at radius 2 is 1.87 bits per heavy atom. The van der Waals surface area contributed by atoms with Gasteiger partial charge in [0.2, 0.25) is 0 Å². The minimum Gasteiger partial charge on any atom is -0.460 e. The van der Waals surface area contributed by atoms with Gasteiger partial charge in [-0.2, -0.15) is 0 Å². The molecule has 0 atom stereocenters. The smallest absolute Gasteiger partial charge is 0.356 e. The Labute approximate surface area is 185 Å². The van der Waals surface area contributed by atoms with E-state index in [0.717, 1.165) is 0 Å². The minimum absolute atomic E-state index is 0.00666. The van der Waals surface area contributed by atoms with Crippen molar-refractivity contribution in [1.82, 2.24) is 9.88 Å². The van der Waals surface area contributed by atoms with Gasteiger partial charge in [-0.1, -0.05) is 53.5 Å². The van der Waals surface area contributed by atoms with Crippen molar-refractivity contribution in [2.75, 3.05) is 39.1 Å². The molecule has 0 spiro atoms. The van der Waals surface area contributed by atoms with Crippen molar-refractivity contribution in [2.45, 2.75) is 6.42 Å². The zero-order valence-electron chi connectivity index (χ0n) is 16.8. The molecule has 3 rings (SSSR count). The first kappa shape index (κ1) is 22.2. The number of aromatic amines is 1. The van der Waals surface area contributed by atoms with Gasteiger partial charge in [0.25, 0.3) is 0 Å². The van der Waals surface area contributed by atoms with Crippen LogP contribution in [0.3, 0.4) is 0 Å². The second kappa shape index (κ2) is 9.98. The molecule has 2 aromatic carbocycles. The topological polar surface area (TPSA) is 74.4 Å². The standard InChI is InChI=1S/C22H23Cl2N3O3/c1-27(2)10-11-30-22(29)21-20(19-16(24)12-15(23)13-17(19)26-21)25-9-8-18(28)14-6-4-3-5-7-14/h3-7,12-13,25-26H,8-11H2,1-2H3. The van der Waals surface area contributed by atoms with E-state index in [0.29, 0.717) is 45.3 Å². The van der Waals surface area contributed by atoms with Crippen molar-refractivity contribution >= 4 is 51.5 Å². The van der Waals surface area contributed by atoms with Gasteiger partial charge in [-0.05, 0) is 26.2 Å². The summed E-state index contributed by atoms with van der Waals surface area (Å²) in [6, 6.07) is 12.4. The number of Topliss-reactive ketones (excluding diaryl/α,β-unsaturated/α-hetero) is 1. The van der Waals surface area contributed by atoms with Crippen LogP contribution in [0.2, 0.25) is 10.0 Å². The number of likely N-dealkylation sites (N-methyl/N-ethyl adjacent to an activating group) is 1. The molecule has 0 aliphatic heterocycles. The van der Waals surface area contributed by atoms with Crippen LogP contribution in [0.4, 0.5) is 5.69 Å². The number of fused-ring (bicyclic) bond motifs is 1. The predicted octanol–water partition coefficient (Wildman–Crippen LogP) is 4.88. The molecule has 1 aromatic heterocycles. The number of carbonyl (C=O) groups excluding carboxylic acids is 2. The molecule has 8 heteroatoms. The Morgan fingerprint density at radius 1 is 1.13 bits per heavy atom. The average Bonchev–Trinajstić information content (AvgIpc) is 3.07. The third-order valence-corrected chi connectivity index (χ3v) is 5.06. The van der Waals surface area contributed by atoms with Gasteiger partial charge in [-0.15, -0.1) is 0 Å². The van der Waals surface area contributed by atoms with Crippen LogP contribution in [-0.4, -0.2) is 55.4 Å². The highest BCUT2D eigenvalue weighted by molar-refractivity contribution is 6.40. The van der Waals surface area contributed by atoms with Crippen LogP contribution in [0.5, 0.6) is 0 Å². The van der Waals surface area contributed by atoms with Crippen molar-refractivity contribution in [3.05, 3.63) is 63.8 Å². The molecule has 2 N–H and O–H groups in total. The molecule has 1 heterocycles. The summed E-state index contributed by atoms with van der Waals surface area (Å²) in [6.45, 7) is 1.19. The first-order valence-corrected chi connectivity index (χ1v) is 10.3. The van der Waals surface area contributed by atoms with Gasteiger partial charge in [-0.3, -0.25) is 4.79 Å². The van der Waals surface area contributed by atoms with Gasteiger partial charge >= 0.3 is 5.97 Å². The van der Waals surface area contributed by atoms with Crippen LogP contribution in [-0.2, 0) is 4.74 Å². The van der Waals surface area contributed by atoms with Crippen molar-refractivity contribution in [1.29, 1.82) is 0 Å². The Morgan fingerprint density at radius 3 is 2.57 bits per heavy atom. The summed E-state index contributed by atoms with van der Waals surface area (Å²) in [7, 11) is 3.80. The number of aromatic nitrogens is 1. The van der Waals surface area contributed by atoms with Crippen molar-refractivity contribution in [3.63, 3.8) is 0 Å². The number of ketones is 1. The second-order valence-electron chi connectivity index (χ2n) is 7.09. The molecule has 0 amide bonds. The first-order valence-electron chi connectivity index (χ1n) is 9.51. The molecular weight excluding hydrogens is 425 g/mol. The number of halogens is 2. The molecule has 30 heavy (non-hydrogen) atoms. The normalized spacial score (nSPS) is 11.1. The lowest BCUT2D eigenvalue weighted by Crippen LogP contribution is -2.20. The SMILES string of the molecule is CN(C)CCOC(=O)c1[nH]c2cc(Cl)cc(Cl)c2c1NCCC(=O)c1ccccc1. The van der Waals surface area contributed by atoms with E-state index in [2.05, 4.69) is 10.3 Å². The van der Waals surface area contributed by atoms with Crippen LogP contribution in [0, 0.1) is 0 Å². The predicted molar refractivity (Wildman–Crippen MR) is 121 cm³/mol. The molecule has 0 aliphatic carbocycles. The van der Waals surface area contributed by atoms with Crippen molar-refractivity contribution in [3.8, 4) is 0 Å². The summed E-state index contributed by atoms with van der Waals surface area (Å²) in [6.07, 6.45) is 0.261. The molecule has 6 nitrogen and oxygen atoms in total. The van der Waals surface area contributed by atoms with Crippen LogP contribution in [0.25, 0.3) is 10.9 Å². The largest absolute Gasteiger partial charge is 0.460 e. The Balaban J connectivity index is 1.81. The molecule has 0 saturated heterocycles. The number of benzene rings is 2. The number of carbonyl (C=O) groups is 2. The molecule has 158 valence electrons. The third-order valence-electron chi connectivity index (χ3n) is 4.54. The highest BCUT2D eigenvalue weighted by Crippen LogP contribution is 2.36. The zero-order valence-corrected chi connectivity index (χ0v) is 18.3. The van der Waals surface area contributed by atoms with Gasteiger partial charge in [0.15, 0.2) is 5.78 Å². The van der Waals surface area contributed by atoms with Crippen LogP contribution in [0.1, 0.15) is 27.3 Å². The lowest BCUT2D eigenvalue weighted by atomic mass is 10.1. The van der Waals surface area contributed by atoms with Gasteiger partial charge in [0, 0.05) is 35.5 Å². The Hall–Kier alpha value is -2.54. The van der Waals surface area contributed by atoms with Crippen LogP contribution >= 0.6 is 23.2 Å². The summed E-state index contributed by atoms with van der Waals surface area (Å²) in [4.78, 5) is 30.0. The maximum absolute atomic E-state index is 12.7.